The fourth-order valence-corrected chi connectivity index (χ4v) is 5.76. The summed E-state index contributed by atoms with van der Waals surface area (Å²) < 4.78 is 0. The number of carbonyl (C=O) groups is 2. The highest BCUT2D eigenvalue weighted by Gasteiger charge is 2.36. The molecule has 1 aromatic carbocycles. The lowest BCUT2D eigenvalue weighted by Crippen LogP contribution is -2.50. The Labute approximate surface area is 174 Å². The molecule has 0 aliphatic carbocycles. The minimum Gasteiger partial charge on any atom is -0.341 e. The molecule has 4 nitrogen and oxygen atoms in total. The largest absolute Gasteiger partial charge is 0.341 e. The predicted octanol–water partition coefficient (Wildman–Crippen LogP) is 3.50. The molecule has 2 unspecified atom stereocenters. The van der Waals surface area contributed by atoms with Gasteiger partial charge in [-0.1, -0.05) is 36.4 Å². The number of piperidine rings is 1. The van der Waals surface area contributed by atoms with Crippen molar-refractivity contribution in [2.45, 2.75) is 18.8 Å². The molecule has 2 aliphatic rings. The molecule has 2 aliphatic heterocycles. The number of nitrogens with zero attached hydrogens (tertiary/aromatic N) is 2. The Kier molecular flexibility index (Phi) is 6.37. The Hall–Kier alpha value is -1.79. The van der Waals surface area contributed by atoms with Crippen LogP contribution in [0.5, 0.6) is 0 Å². The number of thiophene rings is 1. The van der Waals surface area contributed by atoms with Gasteiger partial charge >= 0.3 is 0 Å². The number of hydrogen-bond donors (Lipinski definition) is 0. The summed E-state index contributed by atoms with van der Waals surface area (Å²) in [5.41, 5.74) is 1.23. The molecule has 1 aromatic heterocycles. The number of hydrogen-bond acceptors (Lipinski definition) is 4. The van der Waals surface area contributed by atoms with Crippen LogP contribution in [0.15, 0.2) is 47.8 Å². The fraction of sp³-hybridized carbons (Fsp3) is 0.455. The van der Waals surface area contributed by atoms with Crippen molar-refractivity contribution in [3.05, 3.63) is 58.3 Å². The Bertz CT molecular complexity index is 788. The highest BCUT2D eigenvalue weighted by atomic mass is 32.2. The normalized spacial score (nSPS) is 22.9. The molecule has 2 aromatic rings. The van der Waals surface area contributed by atoms with Crippen LogP contribution < -0.4 is 0 Å². The Morgan fingerprint density at radius 2 is 1.75 bits per heavy atom. The summed E-state index contributed by atoms with van der Waals surface area (Å²) in [6, 6.07) is 14.3. The van der Waals surface area contributed by atoms with Crippen LogP contribution in [0.1, 0.15) is 22.8 Å². The van der Waals surface area contributed by atoms with E-state index in [1.54, 1.807) is 11.3 Å². The van der Waals surface area contributed by atoms with Crippen molar-refractivity contribution in [1.29, 1.82) is 0 Å². The standard InChI is InChI=1S/C22H26N2O2S2/c25-21(14-20-7-4-10-28-20)24-15-18(17-5-2-1-3-6-17)13-19(16-24)22(26)23-8-11-27-12-9-23/h1-7,10,18-19H,8-9,11-16H2. The number of amides is 2. The number of benzene rings is 1. The van der Waals surface area contributed by atoms with E-state index in [9.17, 15) is 9.59 Å². The molecule has 0 spiro atoms. The van der Waals surface area contributed by atoms with Gasteiger partial charge in [-0.3, -0.25) is 9.59 Å². The van der Waals surface area contributed by atoms with Gasteiger partial charge in [0.05, 0.1) is 12.3 Å². The molecule has 3 heterocycles. The van der Waals surface area contributed by atoms with Crippen LogP contribution in [0.4, 0.5) is 0 Å². The number of thioether (sulfide) groups is 1. The van der Waals surface area contributed by atoms with Crippen molar-refractivity contribution < 1.29 is 9.59 Å². The lowest BCUT2D eigenvalue weighted by atomic mass is 9.83. The molecule has 148 valence electrons. The number of likely N-dealkylation sites (tertiary alicyclic amines) is 1. The highest BCUT2D eigenvalue weighted by molar-refractivity contribution is 7.99. The van der Waals surface area contributed by atoms with E-state index in [1.807, 2.05) is 57.3 Å². The summed E-state index contributed by atoms with van der Waals surface area (Å²) >= 11 is 3.53. The topological polar surface area (TPSA) is 40.6 Å². The first kappa shape index (κ1) is 19.5. The first-order chi connectivity index (χ1) is 13.7. The van der Waals surface area contributed by atoms with Gasteiger partial charge in [-0.05, 0) is 23.4 Å². The maximum absolute atomic E-state index is 13.2. The summed E-state index contributed by atoms with van der Waals surface area (Å²) in [5.74, 6) is 2.51. The number of carbonyl (C=O) groups excluding carboxylic acids is 2. The van der Waals surface area contributed by atoms with Gasteiger partial charge in [0.25, 0.3) is 0 Å². The molecule has 0 radical (unpaired) electrons. The second-order valence-corrected chi connectivity index (χ2v) is 9.79. The smallest absolute Gasteiger partial charge is 0.227 e. The zero-order chi connectivity index (χ0) is 19.3. The molecule has 0 bridgehead atoms. The monoisotopic (exact) mass is 414 g/mol. The van der Waals surface area contributed by atoms with Crippen LogP contribution in [0.25, 0.3) is 0 Å². The zero-order valence-corrected chi connectivity index (χ0v) is 17.6. The van der Waals surface area contributed by atoms with Crippen molar-refractivity contribution >= 4 is 34.9 Å². The summed E-state index contributed by atoms with van der Waals surface area (Å²) in [4.78, 5) is 31.2. The minimum absolute atomic E-state index is 0.102. The van der Waals surface area contributed by atoms with Gasteiger partial charge in [0.2, 0.25) is 11.8 Å². The van der Waals surface area contributed by atoms with Gasteiger partial charge < -0.3 is 9.80 Å². The zero-order valence-electron chi connectivity index (χ0n) is 16.0. The summed E-state index contributed by atoms with van der Waals surface area (Å²) in [7, 11) is 0. The van der Waals surface area contributed by atoms with E-state index < -0.39 is 0 Å². The van der Waals surface area contributed by atoms with E-state index >= 15 is 0 Å². The maximum Gasteiger partial charge on any atom is 0.227 e. The lowest BCUT2D eigenvalue weighted by molar-refractivity contribution is -0.140. The minimum atomic E-state index is -0.102. The fourth-order valence-electron chi connectivity index (χ4n) is 4.16. The second-order valence-electron chi connectivity index (χ2n) is 7.53. The van der Waals surface area contributed by atoms with E-state index in [1.165, 1.54) is 5.56 Å². The maximum atomic E-state index is 13.2. The molecular formula is C22H26N2O2S2. The molecule has 2 fully saturated rings. The Morgan fingerprint density at radius 3 is 2.46 bits per heavy atom. The summed E-state index contributed by atoms with van der Waals surface area (Å²) in [6.07, 6.45) is 1.26. The van der Waals surface area contributed by atoms with E-state index in [4.69, 9.17) is 0 Å². The van der Waals surface area contributed by atoms with Crippen molar-refractivity contribution in [1.82, 2.24) is 9.80 Å². The van der Waals surface area contributed by atoms with Gasteiger partial charge in [0.1, 0.15) is 0 Å². The van der Waals surface area contributed by atoms with E-state index in [2.05, 4.69) is 12.1 Å². The van der Waals surface area contributed by atoms with Crippen molar-refractivity contribution in [3.63, 3.8) is 0 Å². The van der Waals surface area contributed by atoms with Crippen LogP contribution in [0.2, 0.25) is 0 Å². The molecule has 4 rings (SSSR count). The molecule has 28 heavy (non-hydrogen) atoms. The van der Waals surface area contributed by atoms with Crippen LogP contribution in [0, 0.1) is 5.92 Å². The van der Waals surface area contributed by atoms with Crippen molar-refractivity contribution in [2.24, 2.45) is 5.92 Å². The van der Waals surface area contributed by atoms with Crippen LogP contribution >= 0.6 is 23.1 Å². The SMILES string of the molecule is O=C(Cc1cccs1)N1CC(C(=O)N2CCSCC2)CC(c2ccccc2)C1. The van der Waals surface area contributed by atoms with Gasteiger partial charge in [0.15, 0.2) is 0 Å². The van der Waals surface area contributed by atoms with Crippen molar-refractivity contribution in [3.8, 4) is 0 Å². The van der Waals surface area contributed by atoms with E-state index in [0.29, 0.717) is 19.5 Å². The second kappa shape index (κ2) is 9.14. The molecule has 6 heteroatoms. The summed E-state index contributed by atoms with van der Waals surface area (Å²) in [5, 5.41) is 2.01. The van der Waals surface area contributed by atoms with E-state index in [-0.39, 0.29) is 23.7 Å². The van der Waals surface area contributed by atoms with Gasteiger partial charge in [-0.15, -0.1) is 11.3 Å². The van der Waals surface area contributed by atoms with Crippen molar-refractivity contribution in [2.75, 3.05) is 37.7 Å². The average molecular weight is 415 g/mol. The van der Waals surface area contributed by atoms with Gasteiger partial charge in [-0.25, -0.2) is 0 Å². The third-order valence-electron chi connectivity index (χ3n) is 5.65. The first-order valence-electron chi connectivity index (χ1n) is 9.92. The Balaban J connectivity index is 1.52. The molecule has 2 saturated heterocycles. The third-order valence-corrected chi connectivity index (χ3v) is 7.47. The molecule has 0 saturated carbocycles. The van der Waals surface area contributed by atoms with Crippen LogP contribution in [0.3, 0.4) is 0 Å². The van der Waals surface area contributed by atoms with Gasteiger partial charge in [-0.2, -0.15) is 11.8 Å². The molecular weight excluding hydrogens is 388 g/mol. The average Bonchev–Trinajstić information content (AvgIpc) is 3.27. The number of rotatable bonds is 4. The van der Waals surface area contributed by atoms with E-state index in [0.717, 1.165) is 35.9 Å². The quantitative estimate of drug-likeness (QED) is 0.769. The first-order valence-corrected chi connectivity index (χ1v) is 12.0. The third kappa shape index (κ3) is 4.61. The lowest BCUT2D eigenvalue weighted by Gasteiger charge is -2.40. The highest BCUT2D eigenvalue weighted by Crippen LogP contribution is 2.32. The van der Waals surface area contributed by atoms with Crippen LogP contribution in [-0.2, 0) is 16.0 Å². The van der Waals surface area contributed by atoms with Gasteiger partial charge in [0, 0.05) is 48.5 Å². The Morgan fingerprint density at radius 1 is 0.964 bits per heavy atom. The predicted molar refractivity (Wildman–Crippen MR) is 116 cm³/mol. The summed E-state index contributed by atoms with van der Waals surface area (Å²) in [6.45, 7) is 2.92. The van der Waals surface area contributed by atoms with Crippen LogP contribution in [-0.4, -0.2) is 59.3 Å². The molecule has 2 atom stereocenters. The molecule has 2 amide bonds. The molecule has 0 N–H and O–H groups in total.